The number of aryl methyl sites for hydroxylation is 2. The molecule has 1 aromatic heterocycles. The third-order valence-corrected chi connectivity index (χ3v) is 4.58. The van der Waals surface area contributed by atoms with E-state index in [0.29, 0.717) is 4.88 Å². The number of fused-ring (bicyclic) bond motifs is 1. The van der Waals surface area contributed by atoms with Crippen LogP contribution in [0.4, 0.5) is 0 Å². The lowest BCUT2D eigenvalue weighted by Gasteiger charge is -2.07. The molecule has 0 saturated carbocycles. The first-order valence-electron chi connectivity index (χ1n) is 6.67. The smallest absolute Gasteiger partial charge is 0.325 e. The molecule has 19 heavy (non-hydrogen) atoms. The summed E-state index contributed by atoms with van der Waals surface area (Å²) in [6.07, 6.45) is 7.10. The van der Waals surface area contributed by atoms with Gasteiger partial charge in [0.05, 0.1) is 12.0 Å². The minimum atomic E-state index is -0.428. The van der Waals surface area contributed by atoms with Crippen LogP contribution in [0.25, 0.3) is 0 Å². The van der Waals surface area contributed by atoms with Gasteiger partial charge >= 0.3 is 5.97 Å². The van der Waals surface area contributed by atoms with Gasteiger partial charge in [0.2, 0.25) is 0 Å². The molecule has 0 fully saturated rings. The zero-order valence-corrected chi connectivity index (χ0v) is 12.0. The first-order chi connectivity index (χ1) is 9.20. The Labute approximate surface area is 117 Å². The normalized spacial score (nSPS) is 15.0. The fourth-order valence-electron chi connectivity index (χ4n) is 2.27. The molecule has 104 valence electrons. The number of hydrogen-bond acceptors (Lipinski definition) is 4. The van der Waals surface area contributed by atoms with Crippen molar-refractivity contribution in [2.24, 2.45) is 0 Å². The Hall–Kier alpha value is -1.36. The number of rotatable bonds is 3. The summed E-state index contributed by atoms with van der Waals surface area (Å²) in [4.78, 5) is 25.0. The zero-order valence-electron chi connectivity index (χ0n) is 11.2. The van der Waals surface area contributed by atoms with E-state index in [1.54, 1.807) is 11.3 Å². The van der Waals surface area contributed by atoms with Gasteiger partial charge < -0.3 is 10.1 Å². The van der Waals surface area contributed by atoms with Crippen molar-refractivity contribution in [3.8, 4) is 0 Å². The van der Waals surface area contributed by atoms with Crippen LogP contribution in [-0.4, -0.2) is 25.5 Å². The fraction of sp³-hybridized carbons (Fsp3) is 0.571. The van der Waals surface area contributed by atoms with Crippen molar-refractivity contribution in [1.82, 2.24) is 5.32 Å². The first kappa shape index (κ1) is 14.1. The molecule has 1 amide bonds. The number of thiophene rings is 1. The van der Waals surface area contributed by atoms with Crippen molar-refractivity contribution in [2.75, 3.05) is 13.7 Å². The zero-order chi connectivity index (χ0) is 13.7. The fourth-order valence-corrected chi connectivity index (χ4v) is 3.44. The minimum Gasteiger partial charge on any atom is -0.468 e. The number of nitrogens with one attached hydrogen (secondary N) is 1. The van der Waals surface area contributed by atoms with Crippen LogP contribution in [0.2, 0.25) is 0 Å². The molecule has 5 heteroatoms. The molecule has 0 saturated heterocycles. The average molecular weight is 281 g/mol. The van der Waals surface area contributed by atoms with Gasteiger partial charge in [0.1, 0.15) is 6.54 Å². The monoisotopic (exact) mass is 281 g/mol. The largest absolute Gasteiger partial charge is 0.468 e. The quantitative estimate of drug-likeness (QED) is 0.865. The Balaban J connectivity index is 2.02. The summed E-state index contributed by atoms with van der Waals surface area (Å²) in [6.45, 7) is -0.0715. The van der Waals surface area contributed by atoms with E-state index < -0.39 is 5.97 Å². The van der Waals surface area contributed by atoms with Gasteiger partial charge in [0.25, 0.3) is 5.91 Å². The molecule has 1 aliphatic rings. The second kappa shape index (κ2) is 6.70. The van der Waals surface area contributed by atoms with Crippen LogP contribution in [0.3, 0.4) is 0 Å². The Morgan fingerprint density at radius 3 is 2.74 bits per heavy atom. The van der Waals surface area contributed by atoms with Crippen molar-refractivity contribution in [3.05, 3.63) is 21.4 Å². The first-order valence-corrected chi connectivity index (χ1v) is 7.49. The van der Waals surface area contributed by atoms with Crippen LogP contribution in [0.1, 0.15) is 45.8 Å². The summed E-state index contributed by atoms with van der Waals surface area (Å²) < 4.78 is 4.50. The molecule has 2 rings (SSSR count). The van der Waals surface area contributed by atoms with Gasteiger partial charge in [-0.15, -0.1) is 11.3 Å². The summed E-state index contributed by atoms with van der Waals surface area (Å²) in [7, 11) is 1.31. The molecule has 1 aliphatic carbocycles. The Morgan fingerprint density at radius 2 is 2.00 bits per heavy atom. The summed E-state index contributed by atoms with van der Waals surface area (Å²) in [5.74, 6) is -0.606. The highest BCUT2D eigenvalue weighted by atomic mass is 32.1. The molecule has 4 nitrogen and oxygen atoms in total. The third-order valence-electron chi connectivity index (χ3n) is 3.34. The SMILES string of the molecule is COC(=O)CNC(=O)c1cc2c(s1)CCCCCC2. The molecule has 0 aromatic carbocycles. The Bertz CT molecular complexity index is 442. The Morgan fingerprint density at radius 1 is 1.26 bits per heavy atom. The van der Waals surface area contributed by atoms with Gasteiger partial charge in [-0.2, -0.15) is 0 Å². The minimum absolute atomic E-state index is 0.0715. The molecule has 0 atom stereocenters. The van der Waals surface area contributed by atoms with Gasteiger partial charge in [-0.3, -0.25) is 9.59 Å². The molecule has 0 radical (unpaired) electrons. The summed E-state index contributed by atoms with van der Waals surface area (Å²) >= 11 is 1.56. The van der Waals surface area contributed by atoms with Crippen molar-refractivity contribution in [2.45, 2.75) is 38.5 Å². The van der Waals surface area contributed by atoms with E-state index in [9.17, 15) is 9.59 Å². The summed E-state index contributed by atoms with van der Waals surface area (Å²) in [5, 5.41) is 2.59. The second-order valence-corrected chi connectivity index (χ2v) is 5.87. The van der Waals surface area contributed by atoms with E-state index in [-0.39, 0.29) is 12.5 Å². The van der Waals surface area contributed by atoms with Crippen LogP contribution >= 0.6 is 11.3 Å². The molecule has 0 bridgehead atoms. The van der Waals surface area contributed by atoms with Crippen molar-refractivity contribution in [1.29, 1.82) is 0 Å². The van der Waals surface area contributed by atoms with Gasteiger partial charge in [-0.25, -0.2) is 0 Å². The second-order valence-electron chi connectivity index (χ2n) is 4.73. The number of ether oxygens (including phenoxy) is 1. The number of carbonyl (C=O) groups is 2. The maximum Gasteiger partial charge on any atom is 0.325 e. The number of amides is 1. The van der Waals surface area contributed by atoms with Crippen LogP contribution in [0.15, 0.2) is 6.07 Å². The van der Waals surface area contributed by atoms with Crippen LogP contribution in [0.5, 0.6) is 0 Å². The lowest BCUT2D eigenvalue weighted by Crippen LogP contribution is -2.29. The molecular formula is C14H19NO3S. The van der Waals surface area contributed by atoms with E-state index >= 15 is 0 Å². The maximum atomic E-state index is 11.9. The molecular weight excluding hydrogens is 262 g/mol. The topological polar surface area (TPSA) is 55.4 Å². The van der Waals surface area contributed by atoms with Gasteiger partial charge in [0, 0.05) is 4.88 Å². The lowest BCUT2D eigenvalue weighted by molar-refractivity contribution is -0.139. The third kappa shape index (κ3) is 3.80. The highest BCUT2D eigenvalue weighted by molar-refractivity contribution is 7.14. The predicted octanol–water partition coefficient (Wildman–Crippen LogP) is 2.31. The molecule has 1 N–H and O–H groups in total. The number of methoxy groups -OCH3 is 1. The number of hydrogen-bond donors (Lipinski definition) is 1. The van der Waals surface area contributed by atoms with Crippen molar-refractivity contribution >= 4 is 23.2 Å². The lowest BCUT2D eigenvalue weighted by atomic mass is 10.00. The van der Waals surface area contributed by atoms with Gasteiger partial charge in [-0.1, -0.05) is 12.8 Å². The van der Waals surface area contributed by atoms with E-state index in [0.717, 1.165) is 12.8 Å². The average Bonchev–Trinajstić information content (AvgIpc) is 2.78. The van der Waals surface area contributed by atoms with E-state index in [4.69, 9.17) is 0 Å². The molecule has 0 unspecified atom stereocenters. The summed E-state index contributed by atoms with van der Waals surface area (Å²) in [5.41, 5.74) is 1.31. The van der Waals surface area contributed by atoms with E-state index in [2.05, 4.69) is 10.1 Å². The standard InChI is InChI=1S/C14H19NO3S/c1-18-13(16)9-15-14(17)12-8-10-6-4-2-3-5-7-11(10)19-12/h8H,2-7,9H2,1H3,(H,15,17). The number of carbonyl (C=O) groups excluding carboxylic acids is 2. The van der Waals surface area contributed by atoms with Crippen LogP contribution in [-0.2, 0) is 22.4 Å². The van der Waals surface area contributed by atoms with Crippen molar-refractivity contribution < 1.29 is 14.3 Å². The molecule has 1 aromatic rings. The molecule has 1 heterocycles. The molecule has 0 aliphatic heterocycles. The van der Waals surface area contributed by atoms with E-state index in [1.165, 1.54) is 43.2 Å². The Kier molecular flexibility index (Phi) is 4.96. The highest BCUT2D eigenvalue weighted by Crippen LogP contribution is 2.28. The summed E-state index contributed by atoms with van der Waals surface area (Å²) in [6, 6.07) is 1.98. The van der Waals surface area contributed by atoms with Crippen LogP contribution < -0.4 is 5.32 Å². The van der Waals surface area contributed by atoms with Crippen molar-refractivity contribution in [3.63, 3.8) is 0 Å². The highest BCUT2D eigenvalue weighted by Gasteiger charge is 2.16. The van der Waals surface area contributed by atoms with Gasteiger partial charge in [-0.05, 0) is 37.3 Å². The van der Waals surface area contributed by atoms with E-state index in [1.807, 2.05) is 6.07 Å². The number of esters is 1. The van der Waals surface area contributed by atoms with Crippen LogP contribution in [0, 0.1) is 0 Å². The molecule has 0 spiro atoms. The predicted molar refractivity (Wildman–Crippen MR) is 74.5 cm³/mol. The maximum absolute atomic E-state index is 11.9. The van der Waals surface area contributed by atoms with Gasteiger partial charge in [0.15, 0.2) is 0 Å².